The Kier molecular flexibility index (Phi) is 6.13. The lowest BCUT2D eigenvalue weighted by Crippen LogP contribution is -2.42. The first-order valence-electron chi connectivity index (χ1n) is 12.3. The molecule has 9 nitrogen and oxygen atoms in total. The van der Waals surface area contributed by atoms with E-state index in [0.29, 0.717) is 40.5 Å². The maximum atomic E-state index is 14.0. The van der Waals surface area contributed by atoms with Gasteiger partial charge in [-0.05, 0) is 37.8 Å². The molecule has 3 aromatic heterocycles. The molecule has 3 N–H and O–H groups in total. The number of hydrogen-bond donors (Lipinski definition) is 3. The second-order valence-corrected chi connectivity index (χ2v) is 9.27. The molecule has 1 aromatic carbocycles. The molecule has 6 rings (SSSR count). The summed E-state index contributed by atoms with van der Waals surface area (Å²) in [5.74, 6) is 0.548. The van der Waals surface area contributed by atoms with Gasteiger partial charge in [-0.15, -0.1) is 0 Å². The van der Waals surface area contributed by atoms with Crippen molar-refractivity contribution in [1.29, 1.82) is 0 Å². The molecule has 186 valence electrons. The van der Waals surface area contributed by atoms with E-state index in [1.54, 1.807) is 12.3 Å². The number of nitrogens with zero attached hydrogens (tertiary/aromatic N) is 5. The number of amides is 1. The first kappa shape index (κ1) is 23.0. The number of benzene rings is 1. The number of anilines is 1. The molecule has 1 aliphatic heterocycles. The molecule has 0 radical (unpaired) electrons. The quantitative estimate of drug-likeness (QED) is 0.346. The van der Waals surface area contributed by atoms with Crippen molar-refractivity contribution in [3.8, 4) is 22.6 Å². The summed E-state index contributed by atoms with van der Waals surface area (Å²) in [5, 5.41) is 15.0. The van der Waals surface area contributed by atoms with Crippen LogP contribution in [-0.4, -0.2) is 44.5 Å². The van der Waals surface area contributed by atoms with Crippen molar-refractivity contribution in [2.75, 3.05) is 11.9 Å². The first-order valence-corrected chi connectivity index (χ1v) is 12.3. The van der Waals surface area contributed by atoms with Crippen LogP contribution in [-0.2, 0) is 4.79 Å². The molecule has 1 saturated carbocycles. The molecule has 0 saturated heterocycles. The van der Waals surface area contributed by atoms with E-state index in [9.17, 15) is 9.18 Å². The van der Waals surface area contributed by atoms with E-state index in [1.165, 1.54) is 12.3 Å². The van der Waals surface area contributed by atoms with Gasteiger partial charge in [0.05, 0.1) is 18.4 Å². The first-order chi connectivity index (χ1) is 18.1. The number of rotatable bonds is 6. The van der Waals surface area contributed by atoms with Crippen LogP contribution in [0.25, 0.3) is 33.7 Å². The van der Waals surface area contributed by atoms with Crippen LogP contribution < -0.4 is 10.6 Å². The molecule has 1 fully saturated rings. The van der Waals surface area contributed by atoms with E-state index < -0.39 is 5.82 Å². The number of carbonyl (C=O) groups is 1. The number of pyridine rings is 1. The van der Waals surface area contributed by atoms with Gasteiger partial charge >= 0.3 is 0 Å². The van der Waals surface area contributed by atoms with Crippen molar-refractivity contribution >= 4 is 22.8 Å². The highest BCUT2D eigenvalue weighted by molar-refractivity contribution is 5.93. The number of aromatic nitrogens is 4. The van der Waals surface area contributed by atoms with Crippen molar-refractivity contribution in [1.82, 2.24) is 25.3 Å². The van der Waals surface area contributed by atoms with E-state index in [2.05, 4.69) is 30.8 Å². The third-order valence-corrected chi connectivity index (χ3v) is 6.67. The van der Waals surface area contributed by atoms with Crippen LogP contribution in [0.2, 0.25) is 0 Å². The topological polar surface area (TPSA) is 120 Å². The normalized spacial score (nSPS) is 19.1. The number of halogens is 1. The highest BCUT2D eigenvalue weighted by atomic mass is 19.1. The van der Waals surface area contributed by atoms with Gasteiger partial charge in [0.15, 0.2) is 5.82 Å². The Morgan fingerprint density at radius 1 is 1.08 bits per heavy atom. The zero-order valence-corrected chi connectivity index (χ0v) is 20.0. The number of fused-ring (bicyclic) bond motifs is 1. The Labute approximate surface area is 212 Å². The van der Waals surface area contributed by atoms with Gasteiger partial charge in [-0.1, -0.05) is 30.3 Å². The number of azo groups is 1. The fourth-order valence-corrected chi connectivity index (χ4v) is 4.91. The number of H-pyrrole nitrogens is 1. The summed E-state index contributed by atoms with van der Waals surface area (Å²) in [5.41, 5.74) is 3.34. The average Bonchev–Trinajstić information content (AvgIpc) is 3.60. The molecular formula is C27H25FN8O. The van der Waals surface area contributed by atoms with Crippen molar-refractivity contribution in [2.24, 2.45) is 10.2 Å². The van der Waals surface area contributed by atoms with Gasteiger partial charge in [-0.3, -0.25) is 4.79 Å². The lowest BCUT2D eigenvalue weighted by Gasteiger charge is -2.30. The Hall–Kier alpha value is -4.47. The summed E-state index contributed by atoms with van der Waals surface area (Å²) in [6.45, 7) is 0.455. The van der Waals surface area contributed by atoms with E-state index in [-0.39, 0.29) is 18.0 Å². The summed E-state index contributed by atoms with van der Waals surface area (Å²) in [4.78, 5) is 29.3. The van der Waals surface area contributed by atoms with Crippen molar-refractivity contribution in [3.05, 3.63) is 72.4 Å². The smallest absolute Gasteiger partial charge is 0.271 e. The molecule has 37 heavy (non-hydrogen) atoms. The third kappa shape index (κ3) is 4.95. The Morgan fingerprint density at radius 2 is 1.95 bits per heavy atom. The van der Waals surface area contributed by atoms with Crippen LogP contribution in [0.1, 0.15) is 25.7 Å². The van der Waals surface area contributed by atoms with E-state index in [4.69, 9.17) is 9.97 Å². The van der Waals surface area contributed by atoms with Crippen LogP contribution >= 0.6 is 0 Å². The molecule has 4 heterocycles. The zero-order chi connectivity index (χ0) is 25.2. The highest BCUT2D eigenvalue weighted by Crippen LogP contribution is 2.30. The molecule has 1 amide bonds. The molecule has 2 unspecified atom stereocenters. The van der Waals surface area contributed by atoms with Crippen LogP contribution in [0, 0.1) is 5.82 Å². The van der Waals surface area contributed by atoms with E-state index >= 15 is 0 Å². The molecular weight excluding hydrogens is 471 g/mol. The third-order valence-electron chi connectivity index (χ3n) is 6.67. The molecule has 2 atom stereocenters. The van der Waals surface area contributed by atoms with Crippen molar-refractivity contribution in [3.63, 3.8) is 0 Å². The van der Waals surface area contributed by atoms with Crippen LogP contribution in [0.3, 0.4) is 0 Å². The minimum Gasteiger partial charge on any atom is -0.367 e. The van der Waals surface area contributed by atoms with Gasteiger partial charge in [-0.2, -0.15) is 10.2 Å². The number of carbonyl (C=O) groups excluding carboxylic acids is 1. The maximum Gasteiger partial charge on any atom is 0.271 e. The van der Waals surface area contributed by atoms with Crippen LogP contribution in [0.5, 0.6) is 0 Å². The molecule has 2 aliphatic rings. The zero-order valence-electron chi connectivity index (χ0n) is 20.0. The maximum absolute atomic E-state index is 14.0. The van der Waals surface area contributed by atoms with E-state index in [1.807, 2.05) is 36.4 Å². The monoisotopic (exact) mass is 496 g/mol. The fourth-order valence-electron chi connectivity index (χ4n) is 4.91. The largest absolute Gasteiger partial charge is 0.367 e. The van der Waals surface area contributed by atoms with Gasteiger partial charge < -0.3 is 15.6 Å². The van der Waals surface area contributed by atoms with Gasteiger partial charge in [0.1, 0.15) is 23.0 Å². The van der Waals surface area contributed by atoms with E-state index in [0.717, 1.165) is 36.9 Å². The Bertz CT molecular complexity index is 1510. The van der Waals surface area contributed by atoms with Crippen LogP contribution in [0.4, 0.5) is 10.2 Å². The minimum atomic E-state index is -0.420. The summed E-state index contributed by atoms with van der Waals surface area (Å²) < 4.78 is 14.0. The Balaban J connectivity index is 1.29. The number of nitrogens with one attached hydrogen (secondary N) is 3. The predicted octanol–water partition coefficient (Wildman–Crippen LogP) is 5.02. The molecule has 0 bridgehead atoms. The van der Waals surface area contributed by atoms with Crippen molar-refractivity contribution in [2.45, 2.75) is 37.8 Å². The summed E-state index contributed by atoms with van der Waals surface area (Å²) in [6.07, 6.45) is 8.27. The van der Waals surface area contributed by atoms with Gasteiger partial charge in [0.25, 0.3) is 5.91 Å². The highest BCUT2D eigenvalue weighted by Gasteiger charge is 2.25. The lowest BCUT2D eigenvalue weighted by molar-refractivity contribution is -0.118. The number of aromatic amines is 1. The lowest BCUT2D eigenvalue weighted by atomic mass is 9.91. The second kappa shape index (κ2) is 9.88. The fraction of sp³-hybridized carbons (Fsp3) is 0.259. The SMILES string of the molecule is O=C(NC1CCCC(Nc2cc(-c3ccccc3)nc(-c3c[nH]c4ncc(F)cc34)n2)C1)C1=CCN=N1. The Morgan fingerprint density at radius 3 is 2.78 bits per heavy atom. The summed E-state index contributed by atoms with van der Waals surface area (Å²) >= 11 is 0. The molecule has 10 heteroatoms. The second-order valence-electron chi connectivity index (χ2n) is 9.27. The van der Waals surface area contributed by atoms with Gasteiger partial charge in [0, 0.05) is 40.9 Å². The van der Waals surface area contributed by atoms with Crippen LogP contribution in [0.15, 0.2) is 76.9 Å². The number of hydrogen-bond acceptors (Lipinski definition) is 7. The predicted molar refractivity (Wildman–Crippen MR) is 138 cm³/mol. The minimum absolute atomic E-state index is 0.0352. The summed E-state index contributed by atoms with van der Waals surface area (Å²) in [7, 11) is 0. The standard InChI is InChI=1S/C27H25FN8O/c28-17-11-20-21(15-30-25(20)29-14-17)26-34-23(16-5-2-1-3-6-16)13-24(35-26)32-18-7-4-8-19(12-18)33-27(37)22-9-10-31-36-22/h1-3,5-6,9,11,13-15,18-19H,4,7-8,10,12H2,(H,29,30)(H,33,37)(H,32,34,35). The van der Waals surface area contributed by atoms with Gasteiger partial charge in [0.2, 0.25) is 0 Å². The average molecular weight is 497 g/mol. The molecule has 1 aliphatic carbocycles. The molecule has 4 aromatic rings. The summed E-state index contributed by atoms with van der Waals surface area (Å²) in [6, 6.07) is 13.4. The van der Waals surface area contributed by atoms with Gasteiger partial charge in [-0.25, -0.2) is 19.3 Å². The van der Waals surface area contributed by atoms with Crippen molar-refractivity contribution < 1.29 is 9.18 Å². The molecule has 0 spiro atoms.